The Morgan fingerprint density at radius 3 is 2.57 bits per heavy atom. The summed E-state index contributed by atoms with van der Waals surface area (Å²) in [6.45, 7) is 1.05. The van der Waals surface area contributed by atoms with Crippen LogP contribution in [0.4, 0.5) is 4.39 Å². The number of rotatable bonds is 6. The van der Waals surface area contributed by atoms with Crippen molar-refractivity contribution in [3.8, 4) is 0 Å². The Kier molecular flexibility index (Phi) is 5.11. The van der Waals surface area contributed by atoms with Gasteiger partial charge in [0.1, 0.15) is 11.6 Å². The van der Waals surface area contributed by atoms with Gasteiger partial charge in [0.2, 0.25) is 5.91 Å². The molecule has 1 heterocycles. The normalized spacial score (nSPS) is 10.9. The molecule has 112 valence electrons. The Labute approximate surface area is 123 Å². The van der Waals surface area contributed by atoms with Crippen LogP contribution in [0.3, 0.4) is 0 Å². The summed E-state index contributed by atoms with van der Waals surface area (Å²) in [6, 6.07) is 10.2. The summed E-state index contributed by atoms with van der Waals surface area (Å²) in [7, 11) is 3.52. The van der Waals surface area contributed by atoms with E-state index in [2.05, 4.69) is 0 Å². The number of likely N-dealkylation sites (N-methyl/N-ethyl adjacent to an activating group) is 2. The van der Waals surface area contributed by atoms with Crippen LogP contribution < -0.4 is 0 Å². The zero-order valence-electron chi connectivity index (χ0n) is 12.3. The molecule has 2 aromatic rings. The molecule has 1 amide bonds. The standard InChI is InChI=1S/C16H19FN2O2/c1-18(10-13-6-3-4-8-15(13)17)12-16(20)19(2)11-14-7-5-9-21-14/h3-9H,10-12H2,1-2H3. The van der Waals surface area contributed by atoms with Gasteiger partial charge in [-0.3, -0.25) is 9.69 Å². The molecule has 5 heteroatoms. The molecule has 0 radical (unpaired) electrons. The third-order valence-corrected chi connectivity index (χ3v) is 3.20. The van der Waals surface area contributed by atoms with Gasteiger partial charge >= 0.3 is 0 Å². The van der Waals surface area contributed by atoms with E-state index in [1.165, 1.54) is 6.07 Å². The summed E-state index contributed by atoms with van der Waals surface area (Å²) in [6.07, 6.45) is 1.58. The highest BCUT2D eigenvalue weighted by Gasteiger charge is 2.14. The average Bonchev–Trinajstić information content (AvgIpc) is 2.94. The molecular weight excluding hydrogens is 271 g/mol. The SMILES string of the molecule is CN(CC(=O)N(C)Cc1ccco1)Cc1ccccc1F. The minimum absolute atomic E-state index is 0.0368. The smallest absolute Gasteiger partial charge is 0.236 e. The molecule has 0 saturated heterocycles. The lowest BCUT2D eigenvalue weighted by Crippen LogP contribution is -2.36. The third kappa shape index (κ3) is 4.43. The zero-order chi connectivity index (χ0) is 15.2. The maximum absolute atomic E-state index is 13.6. The minimum atomic E-state index is -0.249. The van der Waals surface area contributed by atoms with Gasteiger partial charge < -0.3 is 9.32 Å². The second-order valence-electron chi connectivity index (χ2n) is 5.09. The summed E-state index contributed by atoms with van der Waals surface area (Å²) >= 11 is 0. The monoisotopic (exact) mass is 290 g/mol. The number of hydrogen-bond donors (Lipinski definition) is 0. The molecule has 1 aromatic heterocycles. The highest BCUT2D eigenvalue weighted by Crippen LogP contribution is 2.09. The molecule has 4 nitrogen and oxygen atoms in total. The first kappa shape index (κ1) is 15.3. The summed E-state index contributed by atoms with van der Waals surface area (Å²) in [5.74, 6) is 0.452. The van der Waals surface area contributed by atoms with Crippen LogP contribution in [0.25, 0.3) is 0 Å². The molecule has 0 aliphatic carbocycles. The zero-order valence-corrected chi connectivity index (χ0v) is 12.3. The van der Waals surface area contributed by atoms with Gasteiger partial charge in [0.25, 0.3) is 0 Å². The second kappa shape index (κ2) is 7.04. The van der Waals surface area contributed by atoms with Crippen molar-refractivity contribution in [2.45, 2.75) is 13.1 Å². The number of carbonyl (C=O) groups is 1. The van der Waals surface area contributed by atoms with Gasteiger partial charge in [0, 0.05) is 19.2 Å². The van der Waals surface area contributed by atoms with Crippen LogP contribution in [-0.2, 0) is 17.9 Å². The lowest BCUT2D eigenvalue weighted by molar-refractivity contribution is -0.131. The van der Waals surface area contributed by atoms with Crippen molar-refractivity contribution in [1.82, 2.24) is 9.80 Å². The van der Waals surface area contributed by atoms with Crippen molar-refractivity contribution in [2.24, 2.45) is 0 Å². The first-order valence-corrected chi connectivity index (χ1v) is 6.74. The van der Waals surface area contributed by atoms with Crippen LogP contribution >= 0.6 is 0 Å². The van der Waals surface area contributed by atoms with Crippen LogP contribution in [0.1, 0.15) is 11.3 Å². The van der Waals surface area contributed by atoms with Crippen molar-refractivity contribution in [3.63, 3.8) is 0 Å². The first-order chi connectivity index (χ1) is 10.1. The molecule has 0 saturated carbocycles. The van der Waals surface area contributed by atoms with Crippen LogP contribution in [-0.4, -0.2) is 36.3 Å². The summed E-state index contributed by atoms with van der Waals surface area (Å²) in [4.78, 5) is 15.5. The van der Waals surface area contributed by atoms with E-state index in [4.69, 9.17) is 4.42 Å². The van der Waals surface area contributed by atoms with E-state index in [1.54, 1.807) is 54.4 Å². The van der Waals surface area contributed by atoms with Gasteiger partial charge in [-0.05, 0) is 25.2 Å². The molecular formula is C16H19FN2O2. The van der Waals surface area contributed by atoms with Gasteiger partial charge in [-0.25, -0.2) is 4.39 Å². The second-order valence-corrected chi connectivity index (χ2v) is 5.09. The number of carbonyl (C=O) groups excluding carboxylic acids is 1. The molecule has 0 aliphatic heterocycles. The Morgan fingerprint density at radius 1 is 1.14 bits per heavy atom. The lowest BCUT2D eigenvalue weighted by Gasteiger charge is -2.21. The molecule has 2 rings (SSSR count). The van der Waals surface area contributed by atoms with Gasteiger partial charge in [0.15, 0.2) is 0 Å². The van der Waals surface area contributed by atoms with Crippen molar-refractivity contribution >= 4 is 5.91 Å². The number of amides is 1. The number of nitrogens with zero attached hydrogens (tertiary/aromatic N) is 2. The van der Waals surface area contributed by atoms with E-state index >= 15 is 0 Å². The van der Waals surface area contributed by atoms with Crippen LogP contribution in [0.5, 0.6) is 0 Å². The van der Waals surface area contributed by atoms with E-state index < -0.39 is 0 Å². The first-order valence-electron chi connectivity index (χ1n) is 6.74. The molecule has 0 bridgehead atoms. The van der Waals surface area contributed by atoms with Crippen molar-refractivity contribution in [2.75, 3.05) is 20.6 Å². The van der Waals surface area contributed by atoms with Crippen molar-refractivity contribution in [1.29, 1.82) is 0 Å². The molecule has 1 aromatic carbocycles. The lowest BCUT2D eigenvalue weighted by atomic mass is 10.2. The van der Waals surface area contributed by atoms with E-state index in [0.717, 1.165) is 5.76 Å². The Balaban J connectivity index is 1.85. The molecule has 0 N–H and O–H groups in total. The van der Waals surface area contributed by atoms with Crippen LogP contribution in [0, 0.1) is 5.82 Å². The number of halogens is 1. The fourth-order valence-corrected chi connectivity index (χ4v) is 2.05. The van der Waals surface area contributed by atoms with Crippen LogP contribution in [0.2, 0.25) is 0 Å². The predicted octanol–water partition coefficient (Wildman–Crippen LogP) is 2.51. The third-order valence-electron chi connectivity index (χ3n) is 3.20. The number of benzene rings is 1. The van der Waals surface area contributed by atoms with E-state index in [9.17, 15) is 9.18 Å². The maximum Gasteiger partial charge on any atom is 0.236 e. The molecule has 0 aliphatic rings. The maximum atomic E-state index is 13.6. The summed E-state index contributed by atoms with van der Waals surface area (Å²) in [5.41, 5.74) is 0.585. The molecule has 0 fully saturated rings. The van der Waals surface area contributed by atoms with Gasteiger partial charge in [-0.2, -0.15) is 0 Å². The Morgan fingerprint density at radius 2 is 1.90 bits per heavy atom. The van der Waals surface area contributed by atoms with Gasteiger partial charge in [-0.15, -0.1) is 0 Å². The number of furan rings is 1. The minimum Gasteiger partial charge on any atom is -0.467 e. The predicted molar refractivity (Wildman–Crippen MR) is 77.9 cm³/mol. The largest absolute Gasteiger partial charge is 0.467 e. The van der Waals surface area contributed by atoms with E-state index in [0.29, 0.717) is 18.7 Å². The van der Waals surface area contributed by atoms with Crippen LogP contribution in [0.15, 0.2) is 47.1 Å². The fourth-order valence-electron chi connectivity index (χ4n) is 2.05. The highest BCUT2D eigenvalue weighted by molar-refractivity contribution is 5.77. The molecule has 0 spiro atoms. The molecule has 0 unspecified atom stereocenters. The van der Waals surface area contributed by atoms with Gasteiger partial charge in [0.05, 0.1) is 19.4 Å². The Bertz CT molecular complexity index is 584. The quantitative estimate of drug-likeness (QED) is 0.820. The highest BCUT2D eigenvalue weighted by atomic mass is 19.1. The fraction of sp³-hybridized carbons (Fsp3) is 0.312. The van der Waals surface area contributed by atoms with E-state index in [1.807, 2.05) is 6.07 Å². The number of hydrogen-bond acceptors (Lipinski definition) is 3. The van der Waals surface area contributed by atoms with Gasteiger partial charge in [-0.1, -0.05) is 18.2 Å². The van der Waals surface area contributed by atoms with Crippen molar-refractivity contribution < 1.29 is 13.6 Å². The summed E-state index contributed by atoms with van der Waals surface area (Å²) in [5, 5.41) is 0. The Hall–Kier alpha value is -2.14. The average molecular weight is 290 g/mol. The topological polar surface area (TPSA) is 36.7 Å². The summed E-state index contributed by atoms with van der Waals surface area (Å²) < 4.78 is 18.8. The van der Waals surface area contributed by atoms with Crippen molar-refractivity contribution in [3.05, 3.63) is 59.8 Å². The molecule has 0 atom stereocenters. The molecule has 21 heavy (non-hydrogen) atoms. The van der Waals surface area contributed by atoms with E-state index in [-0.39, 0.29) is 18.3 Å².